The maximum absolute atomic E-state index is 5.61. The second kappa shape index (κ2) is 7.20. The zero-order valence-corrected chi connectivity index (χ0v) is 11.2. The monoisotopic (exact) mass is 259 g/mol. The smallest absolute Gasteiger partial charge is 0.0348 e. The van der Waals surface area contributed by atoms with Crippen molar-refractivity contribution in [1.29, 1.82) is 0 Å². The van der Waals surface area contributed by atoms with Crippen LogP contribution >= 0.6 is 11.6 Å². The first kappa shape index (κ1) is 13.1. The minimum atomic E-state index is 0.674. The van der Waals surface area contributed by atoms with Gasteiger partial charge in [0.05, 0.1) is 0 Å². The molecule has 1 N–H and O–H groups in total. The van der Waals surface area contributed by atoms with Crippen LogP contribution in [0.5, 0.6) is 0 Å². The van der Waals surface area contributed by atoms with Gasteiger partial charge in [0.15, 0.2) is 0 Å². The highest BCUT2D eigenvalue weighted by molar-refractivity contribution is 6.18. The van der Waals surface area contributed by atoms with Crippen LogP contribution in [0.15, 0.2) is 54.6 Å². The van der Waals surface area contributed by atoms with E-state index in [0.717, 1.165) is 19.5 Å². The van der Waals surface area contributed by atoms with Crippen molar-refractivity contribution in [3.8, 4) is 11.1 Å². The molecule has 0 fully saturated rings. The van der Waals surface area contributed by atoms with Gasteiger partial charge in [-0.15, -0.1) is 11.6 Å². The van der Waals surface area contributed by atoms with Crippen molar-refractivity contribution in [2.75, 3.05) is 19.0 Å². The van der Waals surface area contributed by atoms with E-state index in [2.05, 4.69) is 53.8 Å². The summed E-state index contributed by atoms with van der Waals surface area (Å²) in [5.41, 5.74) is 3.90. The molecule has 0 radical (unpaired) electrons. The van der Waals surface area contributed by atoms with Gasteiger partial charge in [0.2, 0.25) is 0 Å². The molecule has 0 aromatic heterocycles. The van der Waals surface area contributed by atoms with Gasteiger partial charge in [0.25, 0.3) is 0 Å². The molecule has 1 nitrogen and oxygen atoms in total. The third-order valence-corrected chi connectivity index (χ3v) is 3.11. The molecule has 0 heterocycles. The van der Waals surface area contributed by atoms with E-state index in [1.807, 2.05) is 6.07 Å². The first-order valence-corrected chi connectivity index (χ1v) is 6.84. The molecular weight excluding hydrogens is 242 g/mol. The van der Waals surface area contributed by atoms with Gasteiger partial charge < -0.3 is 5.32 Å². The molecular formula is C16H18ClN. The highest BCUT2D eigenvalue weighted by Crippen LogP contribution is 2.19. The van der Waals surface area contributed by atoms with Crippen molar-refractivity contribution in [1.82, 2.24) is 5.32 Å². The topological polar surface area (TPSA) is 12.0 Å². The Balaban J connectivity index is 1.94. The van der Waals surface area contributed by atoms with Crippen LogP contribution in [0.25, 0.3) is 11.1 Å². The second-order valence-corrected chi connectivity index (χ2v) is 4.63. The van der Waals surface area contributed by atoms with Crippen LogP contribution in [-0.2, 0) is 6.42 Å². The van der Waals surface area contributed by atoms with Gasteiger partial charge in [-0.05, 0) is 29.7 Å². The van der Waals surface area contributed by atoms with Gasteiger partial charge in [-0.3, -0.25) is 0 Å². The van der Waals surface area contributed by atoms with E-state index in [1.165, 1.54) is 16.7 Å². The van der Waals surface area contributed by atoms with Crippen LogP contribution in [0, 0.1) is 0 Å². The van der Waals surface area contributed by atoms with Gasteiger partial charge in [0.1, 0.15) is 0 Å². The Bertz CT molecular complexity index is 450. The molecule has 0 aliphatic heterocycles. The Morgan fingerprint density at radius 2 is 1.44 bits per heavy atom. The summed E-state index contributed by atoms with van der Waals surface area (Å²) in [5.74, 6) is 0.674. The largest absolute Gasteiger partial charge is 0.315 e. The summed E-state index contributed by atoms with van der Waals surface area (Å²) in [6, 6.07) is 19.2. The SMILES string of the molecule is ClCCNCCc1ccc(-c2ccccc2)cc1. The average Bonchev–Trinajstić information content (AvgIpc) is 2.45. The Kier molecular flexibility index (Phi) is 5.25. The number of nitrogens with one attached hydrogen (secondary N) is 1. The first-order chi connectivity index (χ1) is 8.90. The summed E-state index contributed by atoms with van der Waals surface area (Å²) in [7, 11) is 0. The third-order valence-electron chi connectivity index (χ3n) is 2.92. The lowest BCUT2D eigenvalue weighted by Gasteiger charge is -2.05. The van der Waals surface area contributed by atoms with Crippen LogP contribution in [0.4, 0.5) is 0 Å². The van der Waals surface area contributed by atoms with Gasteiger partial charge >= 0.3 is 0 Å². The molecule has 2 rings (SSSR count). The summed E-state index contributed by atoms with van der Waals surface area (Å²) >= 11 is 5.61. The van der Waals surface area contributed by atoms with Crippen LogP contribution in [0.3, 0.4) is 0 Å². The molecule has 18 heavy (non-hydrogen) atoms. The molecule has 0 aliphatic rings. The lowest BCUT2D eigenvalue weighted by atomic mass is 10.0. The van der Waals surface area contributed by atoms with Crippen LogP contribution < -0.4 is 5.32 Å². The highest BCUT2D eigenvalue weighted by atomic mass is 35.5. The maximum Gasteiger partial charge on any atom is 0.0348 e. The Morgan fingerprint density at radius 3 is 2.11 bits per heavy atom. The molecule has 0 spiro atoms. The molecule has 0 atom stereocenters. The van der Waals surface area contributed by atoms with E-state index in [9.17, 15) is 0 Å². The predicted molar refractivity (Wildman–Crippen MR) is 79.2 cm³/mol. The van der Waals surface area contributed by atoms with Crippen molar-refractivity contribution in [3.05, 3.63) is 60.2 Å². The fourth-order valence-electron chi connectivity index (χ4n) is 1.92. The molecule has 0 amide bonds. The van der Waals surface area contributed by atoms with Gasteiger partial charge in [-0.1, -0.05) is 54.6 Å². The zero-order chi connectivity index (χ0) is 12.6. The summed E-state index contributed by atoms with van der Waals surface area (Å²) in [6.07, 6.45) is 1.05. The number of benzene rings is 2. The number of halogens is 1. The first-order valence-electron chi connectivity index (χ1n) is 6.31. The molecule has 2 aromatic carbocycles. The third kappa shape index (κ3) is 3.86. The van der Waals surface area contributed by atoms with Crippen molar-refractivity contribution < 1.29 is 0 Å². The second-order valence-electron chi connectivity index (χ2n) is 4.25. The zero-order valence-electron chi connectivity index (χ0n) is 10.4. The van der Waals surface area contributed by atoms with Crippen molar-refractivity contribution >= 4 is 11.6 Å². The lowest BCUT2D eigenvalue weighted by molar-refractivity contribution is 0.719. The number of hydrogen-bond acceptors (Lipinski definition) is 1. The minimum Gasteiger partial charge on any atom is -0.315 e. The quantitative estimate of drug-likeness (QED) is 0.616. The molecule has 0 unspecified atom stereocenters. The highest BCUT2D eigenvalue weighted by Gasteiger charge is 1.97. The predicted octanol–water partition coefficient (Wildman–Crippen LogP) is 3.72. The maximum atomic E-state index is 5.61. The lowest BCUT2D eigenvalue weighted by Crippen LogP contribution is -2.19. The van der Waals surface area contributed by atoms with E-state index in [1.54, 1.807) is 0 Å². The Hall–Kier alpha value is -1.31. The van der Waals surface area contributed by atoms with Gasteiger partial charge in [-0.25, -0.2) is 0 Å². The Morgan fingerprint density at radius 1 is 0.778 bits per heavy atom. The van der Waals surface area contributed by atoms with E-state index < -0.39 is 0 Å². The number of hydrogen-bond donors (Lipinski definition) is 1. The molecule has 2 aromatic rings. The molecule has 94 valence electrons. The van der Waals surface area contributed by atoms with E-state index in [-0.39, 0.29) is 0 Å². The van der Waals surface area contributed by atoms with Crippen LogP contribution in [0.1, 0.15) is 5.56 Å². The molecule has 0 bridgehead atoms. The van der Waals surface area contributed by atoms with E-state index >= 15 is 0 Å². The minimum absolute atomic E-state index is 0.674. The molecule has 0 saturated heterocycles. The van der Waals surface area contributed by atoms with Crippen LogP contribution in [-0.4, -0.2) is 19.0 Å². The summed E-state index contributed by atoms with van der Waals surface area (Å²) in [5, 5.41) is 3.30. The van der Waals surface area contributed by atoms with Gasteiger partial charge in [0, 0.05) is 12.4 Å². The Labute approximate surface area is 114 Å². The standard InChI is InChI=1S/C16H18ClN/c17-11-13-18-12-10-14-6-8-16(9-7-14)15-4-2-1-3-5-15/h1-9,18H,10-13H2. The fourth-order valence-corrected chi connectivity index (χ4v) is 2.05. The van der Waals surface area contributed by atoms with Crippen molar-refractivity contribution in [2.45, 2.75) is 6.42 Å². The summed E-state index contributed by atoms with van der Waals surface area (Å²) in [4.78, 5) is 0. The fraction of sp³-hybridized carbons (Fsp3) is 0.250. The van der Waals surface area contributed by atoms with Crippen molar-refractivity contribution in [2.24, 2.45) is 0 Å². The normalized spacial score (nSPS) is 10.5. The number of alkyl halides is 1. The summed E-state index contributed by atoms with van der Waals surface area (Å²) < 4.78 is 0. The average molecular weight is 260 g/mol. The molecule has 0 saturated carbocycles. The van der Waals surface area contributed by atoms with Crippen molar-refractivity contribution in [3.63, 3.8) is 0 Å². The van der Waals surface area contributed by atoms with E-state index in [0.29, 0.717) is 5.88 Å². The molecule has 0 aliphatic carbocycles. The van der Waals surface area contributed by atoms with E-state index in [4.69, 9.17) is 11.6 Å². The van der Waals surface area contributed by atoms with Gasteiger partial charge in [-0.2, -0.15) is 0 Å². The number of rotatable bonds is 6. The molecule has 2 heteroatoms. The van der Waals surface area contributed by atoms with Crippen LogP contribution in [0.2, 0.25) is 0 Å². The summed E-state index contributed by atoms with van der Waals surface area (Å²) in [6.45, 7) is 1.86.